The Bertz CT molecular complexity index is 953. The third-order valence-electron chi connectivity index (χ3n) is 5.40. The van der Waals surface area contributed by atoms with E-state index in [9.17, 15) is 4.79 Å². The molecule has 0 unspecified atom stereocenters. The fourth-order valence-corrected chi connectivity index (χ4v) is 3.92. The van der Waals surface area contributed by atoms with Gasteiger partial charge in [0.15, 0.2) is 11.0 Å². The maximum atomic E-state index is 13.1. The number of hydrogen-bond acceptors (Lipinski definition) is 5. The normalized spacial score (nSPS) is 18.2. The average Bonchev–Trinajstić information content (AvgIpc) is 3.16. The van der Waals surface area contributed by atoms with Crippen LogP contribution in [0.15, 0.2) is 36.4 Å². The molecule has 1 saturated heterocycles. The fourth-order valence-electron chi connectivity index (χ4n) is 3.82. The van der Waals surface area contributed by atoms with Crippen LogP contribution < -0.4 is 10.2 Å². The summed E-state index contributed by atoms with van der Waals surface area (Å²) in [6.45, 7) is 5.66. The van der Waals surface area contributed by atoms with Gasteiger partial charge in [0.2, 0.25) is 5.91 Å². The van der Waals surface area contributed by atoms with E-state index < -0.39 is 0 Å². The zero-order valence-electron chi connectivity index (χ0n) is 16.6. The highest BCUT2D eigenvalue weighted by Gasteiger charge is 2.30. The largest absolute Gasteiger partial charge is 0.354 e. The number of aromatic amines is 1. The molecule has 2 atom stereocenters. The highest BCUT2D eigenvalue weighted by atomic mass is 35.5. The van der Waals surface area contributed by atoms with Crippen LogP contribution in [0.4, 0.5) is 5.82 Å². The van der Waals surface area contributed by atoms with Gasteiger partial charge in [0.1, 0.15) is 5.82 Å². The zero-order chi connectivity index (χ0) is 20.4. The number of nitrogens with one attached hydrogen (secondary N) is 2. The third kappa shape index (κ3) is 4.34. The van der Waals surface area contributed by atoms with Crippen LogP contribution in [0.25, 0.3) is 11.0 Å². The van der Waals surface area contributed by atoms with Crippen LogP contribution >= 0.6 is 11.6 Å². The van der Waals surface area contributed by atoms with Gasteiger partial charge in [-0.2, -0.15) is 0 Å². The van der Waals surface area contributed by atoms with E-state index in [1.54, 1.807) is 6.07 Å². The summed E-state index contributed by atoms with van der Waals surface area (Å²) in [7, 11) is 0. The topological polar surface area (TPSA) is 86.8 Å². The third-order valence-corrected chi connectivity index (χ3v) is 5.60. The molecule has 1 amide bonds. The predicted octanol–water partition coefficient (Wildman–Crippen LogP) is 3.74. The number of anilines is 1. The molecule has 0 spiro atoms. The quantitative estimate of drug-likeness (QED) is 0.666. The summed E-state index contributed by atoms with van der Waals surface area (Å²) in [5.74, 6) is 1.71. The first-order chi connectivity index (χ1) is 14.0. The zero-order valence-corrected chi connectivity index (χ0v) is 17.4. The molecule has 7 nitrogen and oxygen atoms in total. The van der Waals surface area contributed by atoms with Crippen LogP contribution in [-0.2, 0) is 4.79 Å². The summed E-state index contributed by atoms with van der Waals surface area (Å²) >= 11 is 5.84. The highest BCUT2D eigenvalue weighted by Crippen LogP contribution is 2.26. The molecule has 3 heterocycles. The lowest BCUT2D eigenvalue weighted by Crippen LogP contribution is -2.45. The molecule has 0 radical (unpaired) electrons. The molecule has 2 N–H and O–H groups in total. The molecule has 0 aliphatic carbocycles. The number of hydrogen-bond donors (Lipinski definition) is 2. The first-order valence-corrected chi connectivity index (χ1v) is 10.4. The smallest absolute Gasteiger partial charge is 0.225 e. The minimum atomic E-state index is -0.166. The minimum Gasteiger partial charge on any atom is -0.354 e. The van der Waals surface area contributed by atoms with E-state index in [1.165, 1.54) is 0 Å². The Morgan fingerprint density at radius 1 is 1.24 bits per heavy atom. The van der Waals surface area contributed by atoms with Crippen molar-refractivity contribution in [3.05, 3.63) is 47.4 Å². The first kappa shape index (κ1) is 19.6. The van der Waals surface area contributed by atoms with Gasteiger partial charge < -0.3 is 15.2 Å². The van der Waals surface area contributed by atoms with Crippen molar-refractivity contribution >= 4 is 34.4 Å². The van der Waals surface area contributed by atoms with Crippen LogP contribution in [0, 0.1) is 11.8 Å². The number of halogens is 1. The summed E-state index contributed by atoms with van der Waals surface area (Å²) in [5, 5.41) is 11.7. The number of para-hydroxylation sites is 2. The molecular weight excluding hydrogens is 388 g/mol. The van der Waals surface area contributed by atoms with Gasteiger partial charge in [0.05, 0.1) is 23.0 Å². The lowest BCUT2D eigenvalue weighted by atomic mass is 9.95. The number of H-pyrrole nitrogens is 1. The molecule has 1 aliphatic heterocycles. The molecule has 1 aliphatic rings. The molecule has 152 valence electrons. The second-order valence-electron chi connectivity index (χ2n) is 7.87. The van der Waals surface area contributed by atoms with E-state index in [0.29, 0.717) is 11.7 Å². The number of aromatic nitrogens is 4. The molecule has 2 aromatic heterocycles. The van der Waals surface area contributed by atoms with Crippen molar-refractivity contribution in [3.8, 4) is 0 Å². The van der Waals surface area contributed by atoms with Crippen LogP contribution in [0.5, 0.6) is 0 Å². The molecule has 0 saturated carbocycles. The summed E-state index contributed by atoms with van der Waals surface area (Å²) in [4.78, 5) is 23.2. The second-order valence-corrected chi connectivity index (χ2v) is 8.26. The Hall–Kier alpha value is -2.67. The number of amides is 1. The summed E-state index contributed by atoms with van der Waals surface area (Å²) < 4.78 is 0. The van der Waals surface area contributed by atoms with Crippen molar-refractivity contribution < 1.29 is 4.79 Å². The van der Waals surface area contributed by atoms with E-state index in [4.69, 9.17) is 16.6 Å². The van der Waals surface area contributed by atoms with Crippen molar-refractivity contribution in [2.45, 2.75) is 32.7 Å². The number of benzene rings is 1. The summed E-state index contributed by atoms with van der Waals surface area (Å²) in [6, 6.07) is 11.3. The Morgan fingerprint density at radius 3 is 2.79 bits per heavy atom. The van der Waals surface area contributed by atoms with Gasteiger partial charge in [-0.25, -0.2) is 4.98 Å². The van der Waals surface area contributed by atoms with Gasteiger partial charge in [-0.1, -0.05) is 37.6 Å². The molecule has 1 aromatic carbocycles. The minimum absolute atomic E-state index is 0.0516. The van der Waals surface area contributed by atoms with Crippen molar-refractivity contribution in [2.24, 2.45) is 11.8 Å². The number of carbonyl (C=O) groups excluding carboxylic acids is 1. The molecule has 0 bridgehead atoms. The highest BCUT2D eigenvalue weighted by molar-refractivity contribution is 6.29. The van der Waals surface area contributed by atoms with Crippen LogP contribution in [0.2, 0.25) is 5.15 Å². The van der Waals surface area contributed by atoms with Crippen molar-refractivity contribution in [1.82, 2.24) is 25.5 Å². The maximum absolute atomic E-state index is 13.1. The molecule has 1 fully saturated rings. The van der Waals surface area contributed by atoms with Crippen molar-refractivity contribution in [3.63, 3.8) is 0 Å². The van der Waals surface area contributed by atoms with Gasteiger partial charge in [-0.05, 0) is 43.0 Å². The predicted molar refractivity (Wildman–Crippen MR) is 114 cm³/mol. The number of carbonyl (C=O) groups is 1. The second kappa shape index (κ2) is 8.37. The van der Waals surface area contributed by atoms with Crippen LogP contribution in [-0.4, -0.2) is 39.2 Å². The average molecular weight is 413 g/mol. The summed E-state index contributed by atoms with van der Waals surface area (Å²) in [5.41, 5.74) is 1.89. The van der Waals surface area contributed by atoms with E-state index in [-0.39, 0.29) is 23.8 Å². The first-order valence-electron chi connectivity index (χ1n) is 10.0. The molecule has 8 heteroatoms. The number of rotatable bonds is 5. The maximum Gasteiger partial charge on any atom is 0.225 e. The Labute approximate surface area is 174 Å². The van der Waals surface area contributed by atoms with E-state index >= 15 is 0 Å². The standard InChI is InChI=1S/C21H25ClN6O/c1-13(2)19(20-23-15-7-3-4-8-16(15)24-20)25-21(29)14-6-5-11-28(12-14)18-10-9-17(22)26-27-18/h3-4,7-10,13-14,19H,5-6,11-12H2,1-2H3,(H,23,24)(H,25,29)/t14-,19-/m0/s1. The van der Waals surface area contributed by atoms with Gasteiger partial charge in [-0.3, -0.25) is 4.79 Å². The molecule has 29 heavy (non-hydrogen) atoms. The van der Waals surface area contributed by atoms with Crippen LogP contribution in [0.1, 0.15) is 38.6 Å². The Kier molecular flexibility index (Phi) is 5.67. The van der Waals surface area contributed by atoms with Gasteiger partial charge in [0, 0.05) is 13.1 Å². The SMILES string of the molecule is CC(C)[C@H](NC(=O)[C@H]1CCCN(c2ccc(Cl)nn2)C1)c1nc2ccccc2[nH]1. The van der Waals surface area contributed by atoms with Crippen molar-refractivity contribution in [1.29, 1.82) is 0 Å². The van der Waals surface area contributed by atoms with E-state index in [0.717, 1.165) is 42.1 Å². The van der Waals surface area contributed by atoms with Crippen LogP contribution in [0.3, 0.4) is 0 Å². The van der Waals surface area contributed by atoms with E-state index in [1.807, 2.05) is 30.3 Å². The molecule has 3 aromatic rings. The number of imidazole rings is 1. The summed E-state index contributed by atoms with van der Waals surface area (Å²) in [6.07, 6.45) is 1.79. The fraction of sp³-hybridized carbons (Fsp3) is 0.429. The van der Waals surface area contributed by atoms with Gasteiger partial charge >= 0.3 is 0 Å². The lowest BCUT2D eigenvalue weighted by molar-refractivity contribution is -0.126. The van der Waals surface area contributed by atoms with Crippen molar-refractivity contribution in [2.75, 3.05) is 18.0 Å². The number of fused-ring (bicyclic) bond motifs is 1. The molecule has 4 rings (SSSR count). The number of piperidine rings is 1. The lowest BCUT2D eigenvalue weighted by Gasteiger charge is -2.33. The monoisotopic (exact) mass is 412 g/mol. The van der Waals surface area contributed by atoms with Gasteiger partial charge in [-0.15, -0.1) is 10.2 Å². The Morgan fingerprint density at radius 2 is 2.07 bits per heavy atom. The number of nitrogens with zero attached hydrogens (tertiary/aromatic N) is 4. The van der Waals surface area contributed by atoms with Gasteiger partial charge in [0.25, 0.3) is 0 Å². The Balaban J connectivity index is 1.48. The molecular formula is C21H25ClN6O. The van der Waals surface area contributed by atoms with E-state index in [2.05, 4.69) is 39.2 Å².